The van der Waals surface area contributed by atoms with Gasteiger partial charge in [0.15, 0.2) is 5.82 Å². The summed E-state index contributed by atoms with van der Waals surface area (Å²) in [5.74, 6) is 0.463. The van der Waals surface area contributed by atoms with E-state index in [4.69, 9.17) is 26.1 Å². The molecule has 0 amide bonds. The lowest BCUT2D eigenvalue weighted by atomic mass is 9.99. The van der Waals surface area contributed by atoms with Crippen molar-refractivity contribution in [1.29, 1.82) is 0 Å². The topological polar surface area (TPSA) is 95.7 Å². The fourth-order valence-corrected chi connectivity index (χ4v) is 5.95. The Labute approximate surface area is 235 Å². The van der Waals surface area contributed by atoms with Gasteiger partial charge < -0.3 is 9.47 Å². The molecule has 3 heterocycles. The first-order chi connectivity index (χ1) is 18.7. The van der Waals surface area contributed by atoms with Gasteiger partial charge in [-0.3, -0.25) is 14.4 Å². The Morgan fingerprint density at radius 1 is 1.05 bits per heavy atom. The third-order valence-electron chi connectivity index (χ3n) is 6.83. The smallest absolute Gasteiger partial charge is 0.337 e. The molecule has 0 spiro atoms. The van der Waals surface area contributed by atoms with Crippen LogP contribution in [0.15, 0.2) is 53.5 Å². The van der Waals surface area contributed by atoms with Crippen molar-refractivity contribution < 1.29 is 19.1 Å². The number of esters is 2. The van der Waals surface area contributed by atoms with Crippen LogP contribution in [0.2, 0.25) is 5.02 Å². The highest BCUT2D eigenvalue weighted by Crippen LogP contribution is 2.39. The number of thiophene rings is 1. The highest BCUT2D eigenvalue weighted by atomic mass is 35.5. The Morgan fingerprint density at radius 3 is 2.41 bits per heavy atom. The second-order valence-electron chi connectivity index (χ2n) is 9.35. The molecule has 39 heavy (non-hydrogen) atoms. The van der Waals surface area contributed by atoms with Crippen LogP contribution >= 0.6 is 22.9 Å². The number of aryl methyl sites for hydroxylation is 2. The van der Waals surface area contributed by atoms with Gasteiger partial charge in [-0.1, -0.05) is 35.9 Å². The summed E-state index contributed by atoms with van der Waals surface area (Å²) >= 11 is 7.83. The molecule has 10 heteroatoms. The third kappa shape index (κ3) is 5.12. The van der Waals surface area contributed by atoms with Crippen molar-refractivity contribution in [3.05, 3.63) is 97.9 Å². The van der Waals surface area contributed by atoms with Gasteiger partial charge in [0, 0.05) is 21.0 Å². The van der Waals surface area contributed by atoms with E-state index in [1.54, 1.807) is 42.5 Å². The van der Waals surface area contributed by atoms with Gasteiger partial charge in [0.1, 0.15) is 23.0 Å². The van der Waals surface area contributed by atoms with E-state index in [1.165, 1.54) is 12.0 Å². The van der Waals surface area contributed by atoms with E-state index >= 15 is 0 Å². The van der Waals surface area contributed by atoms with E-state index in [9.17, 15) is 9.59 Å². The van der Waals surface area contributed by atoms with Crippen molar-refractivity contribution in [3.63, 3.8) is 0 Å². The monoisotopic (exact) mass is 562 g/mol. The van der Waals surface area contributed by atoms with Gasteiger partial charge in [-0.2, -0.15) is 0 Å². The van der Waals surface area contributed by atoms with Crippen LogP contribution in [0.25, 0.3) is 5.00 Å². The van der Waals surface area contributed by atoms with Crippen LogP contribution in [-0.4, -0.2) is 39.5 Å². The molecule has 0 saturated carbocycles. The molecule has 1 aliphatic rings. The van der Waals surface area contributed by atoms with Crippen LogP contribution in [0, 0.1) is 20.8 Å². The number of nitrogens with zero attached hydrogens (tertiary/aromatic N) is 4. The Bertz CT molecular complexity index is 1590. The van der Waals surface area contributed by atoms with Gasteiger partial charge in [-0.25, -0.2) is 4.79 Å². The lowest BCUT2D eigenvalue weighted by Crippen LogP contribution is -2.15. The van der Waals surface area contributed by atoms with E-state index in [0.29, 0.717) is 16.4 Å². The molecule has 2 aromatic carbocycles. The Kier molecular flexibility index (Phi) is 7.38. The average Bonchev–Trinajstić information content (AvgIpc) is 3.40. The van der Waals surface area contributed by atoms with Crippen LogP contribution in [0.3, 0.4) is 0 Å². The minimum absolute atomic E-state index is 0.0211. The summed E-state index contributed by atoms with van der Waals surface area (Å²) in [7, 11) is 1.33. The number of ether oxygens (including phenoxy) is 2. The van der Waals surface area contributed by atoms with Crippen molar-refractivity contribution in [2.24, 2.45) is 4.99 Å². The normalized spacial score (nSPS) is 15.0. The van der Waals surface area contributed by atoms with E-state index in [0.717, 1.165) is 38.8 Å². The fourth-order valence-electron chi connectivity index (χ4n) is 4.61. The van der Waals surface area contributed by atoms with Crippen LogP contribution in [0.4, 0.5) is 0 Å². The molecule has 4 aromatic rings. The summed E-state index contributed by atoms with van der Waals surface area (Å²) in [6, 6.07) is 13.7. The molecule has 200 valence electrons. The minimum atomic E-state index is -0.613. The van der Waals surface area contributed by atoms with Crippen molar-refractivity contribution in [1.82, 2.24) is 14.8 Å². The standard InChI is InChI=1S/C29H27ClN4O4S/c1-15-17(3)39-28-25(15)26(20-10-12-22(30)13-11-20)31-23(27-33-32-18(4)34(27)28)14-24(35)38-16(2)19-6-8-21(9-7-19)29(36)37-5/h6-13,16,23H,14H2,1-5H3/t16-,23+/m1/s1. The highest BCUT2D eigenvalue weighted by Gasteiger charge is 2.33. The molecule has 2 atom stereocenters. The lowest BCUT2D eigenvalue weighted by molar-refractivity contribution is -0.149. The highest BCUT2D eigenvalue weighted by molar-refractivity contribution is 7.15. The Morgan fingerprint density at radius 2 is 1.74 bits per heavy atom. The second kappa shape index (κ2) is 10.7. The van der Waals surface area contributed by atoms with Gasteiger partial charge in [0.2, 0.25) is 0 Å². The average molecular weight is 563 g/mol. The minimum Gasteiger partial charge on any atom is -0.465 e. The maximum absolute atomic E-state index is 13.2. The number of methoxy groups -OCH3 is 1. The van der Waals surface area contributed by atoms with Gasteiger partial charge in [-0.05, 0) is 63.1 Å². The first-order valence-electron chi connectivity index (χ1n) is 12.4. The number of benzene rings is 2. The molecular weight excluding hydrogens is 536 g/mol. The summed E-state index contributed by atoms with van der Waals surface area (Å²) < 4.78 is 12.5. The second-order valence-corrected chi connectivity index (χ2v) is 11.0. The third-order valence-corrected chi connectivity index (χ3v) is 8.27. The molecule has 0 saturated heterocycles. The predicted octanol–water partition coefficient (Wildman–Crippen LogP) is 6.28. The summed E-state index contributed by atoms with van der Waals surface area (Å²) in [6.07, 6.45) is -0.548. The van der Waals surface area contributed by atoms with Gasteiger partial charge in [0.05, 0.1) is 24.8 Å². The van der Waals surface area contributed by atoms with Crippen LogP contribution in [-0.2, 0) is 14.3 Å². The molecule has 0 bridgehead atoms. The quantitative estimate of drug-likeness (QED) is 0.257. The number of aromatic nitrogens is 3. The predicted molar refractivity (Wildman–Crippen MR) is 150 cm³/mol. The zero-order valence-electron chi connectivity index (χ0n) is 22.2. The molecule has 0 radical (unpaired) electrons. The van der Waals surface area contributed by atoms with Crippen LogP contribution in [0.5, 0.6) is 0 Å². The van der Waals surface area contributed by atoms with E-state index in [2.05, 4.69) is 24.0 Å². The number of carbonyl (C=O) groups is 2. The zero-order chi connectivity index (χ0) is 27.8. The molecule has 1 aliphatic heterocycles. The number of fused-ring (bicyclic) bond motifs is 3. The van der Waals surface area contributed by atoms with E-state index < -0.39 is 24.1 Å². The summed E-state index contributed by atoms with van der Waals surface area (Å²) in [5.41, 5.74) is 4.98. The first-order valence-corrected chi connectivity index (χ1v) is 13.6. The Balaban J connectivity index is 1.49. The maximum atomic E-state index is 13.2. The van der Waals surface area contributed by atoms with Crippen molar-refractivity contribution in [3.8, 4) is 5.00 Å². The number of carbonyl (C=O) groups excluding carboxylic acids is 2. The molecule has 0 aliphatic carbocycles. The van der Waals surface area contributed by atoms with Gasteiger partial charge >= 0.3 is 11.9 Å². The van der Waals surface area contributed by atoms with Crippen LogP contribution in [0.1, 0.15) is 74.6 Å². The summed E-state index contributed by atoms with van der Waals surface area (Å²) in [6.45, 7) is 7.85. The number of aliphatic imine (C=N–C) groups is 1. The molecule has 0 fully saturated rings. The number of halogens is 1. The van der Waals surface area contributed by atoms with Crippen molar-refractivity contribution >= 4 is 40.6 Å². The Hall–Kier alpha value is -3.82. The number of rotatable bonds is 6. The van der Waals surface area contributed by atoms with E-state index in [-0.39, 0.29) is 6.42 Å². The van der Waals surface area contributed by atoms with Gasteiger partial charge in [-0.15, -0.1) is 21.5 Å². The van der Waals surface area contributed by atoms with Crippen LogP contribution < -0.4 is 0 Å². The van der Waals surface area contributed by atoms with Crippen molar-refractivity contribution in [2.75, 3.05) is 7.11 Å². The largest absolute Gasteiger partial charge is 0.465 e. The molecule has 8 nitrogen and oxygen atoms in total. The lowest BCUT2D eigenvalue weighted by Gasteiger charge is -2.16. The fraction of sp³-hybridized carbons (Fsp3) is 0.276. The molecule has 0 unspecified atom stereocenters. The molecule has 5 rings (SSSR count). The SMILES string of the molecule is COC(=O)c1ccc([C@@H](C)OC(=O)C[C@@H]2N=C(c3ccc(Cl)cc3)c3c(sc(C)c3C)-n3c(C)nnc32)cc1. The molecule has 0 N–H and O–H groups in total. The number of hydrogen-bond acceptors (Lipinski definition) is 8. The summed E-state index contributed by atoms with van der Waals surface area (Å²) in [5, 5.41) is 10.4. The zero-order valence-corrected chi connectivity index (χ0v) is 23.8. The maximum Gasteiger partial charge on any atom is 0.337 e. The van der Waals surface area contributed by atoms with E-state index in [1.807, 2.05) is 35.8 Å². The van der Waals surface area contributed by atoms with Gasteiger partial charge in [0.25, 0.3) is 0 Å². The molecule has 2 aromatic heterocycles. The first kappa shape index (κ1) is 26.8. The molecular formula is C29H27ClN4O4S. The number of hydrogen-bond donors (Lipinski definition) is 0. The van der Waals surface area contributed by atoms with Crippen molar-refractivity contribution in [2.45, 2.75) is 46.3 Å². The summed E-state index contributed by atoms with van der Waals surface area (Å²) in [4.78, 5) is 31.2.